The molecule has 0 saturated heterocycles. The van der Waals surface area contributed by atoms with Crippen LogP contribution in [-0.4, -0.2) is 9.55 Å². The molecule has 0 bridgehead atoms. The molecule has 0 N–H and O–H groups in total. The number of rotatable bonds is 4. The van der Waals surface area contributed by atoms with Gasteiger partial charge in [-0.2, -0.15) is 0 Å². The van der Waals surface area contributed by atoms with Crippen molar-refractivity contribution in [3.63, 3.8) is 0 Å². The molecule has 2 aliphatic carbocycles. The molecule has 1 fully saturated rings. The summed E-state index contributed by atoms with van der Waals surface area (Å²) in [7, 11) is 0. The first-order valence-corrected chi connectivity index (χ1v) is 14.1. The van der Waals surface area contributed by atoms with Gasteiger partial charge in [0.15, 0.2) is 5.16 Å². The van der Waals surface area contributed by atoms with Crippen LogP contribution in [0.2, 0.25) is 5.02 Å². The quantitative estimate of drug-likeness (QED) is 0.206. The number of aromatic nitrogens is 2. The lowest BCUT2D eigenvalue weighted by Gasteiger charge is -2.42. The number of hydrogen-bond acceptors (Lipinski definition) is 3. The zero-order valence-electron chi connectivity index (χ0n) is 20.5. The molecule has 0 unspecified atom stereocenters. The molecule has 0 radical (unpaired) electrons. The monoisotopic (exact) mass is 512 g/mol. The van der Waals surface area contributed by atoms with Crippen LogP contribution < -0.4 is 5.56 Å². The lowest BCUT2D eigenvalue weighted by Crippen LogP contribution is -2.43. The molecule has 3 aromatic carbocycles. The van der Waals surface area contributed by atoms with E-state index >= 15 is 0 Å². The van der Waals surface area contributed by atoms with Crippen molar-refractivity contribution in [1.82, 2.24) is 9.55 Å². The second-order valence-corrected chi connectivity index (χ2v) is 11.5. The topological polar surface area (TPSA) is 34.9 Å². The number of nitrogens with zero attached hydrogens (tertiary/aromatic N) is 2. The highest BCUT2D eigenvalue weighted by molar-refractivity contribution is 7.98. The van der Waals surface area contributed by atoms with Gasteiger partial charge in [0.05, 0.1) is 16.9 Å². The average Bonchev–Trinajstić information content (AvgIpc) is 2.89. The van der Waals surface area contributed by atoms with Gasteiger partial charge in [0.1, 0.15) is 0 Å². The molecule has 0 amide bonds. The van der Waals surface area contributed by atoms with Crippen LogP contribution in [0.15, 0.2) is 82.7 Å². The van der Waals surface area contributed by atoms with Crippen molar-refractivity contribution in [2.24, 2.45) is 0 Å². The first kappa shape index (κ1) is 23.6. The highest BCUT2D eigenvalue weighted by Crippen LogP contribution is 2.49. The molecule has 1 heterocycles. The second-order valence-electron chi connectivity index (χ2n) is 10.1. The maximum Gasteiger partial charge on any atom is 0.263 e. The van der Waals surface area contributed by atoms with Crippen LogP contribution in [0, 0.1) is 6.92 Å². The standard InChI is InChI=1S/C31H29ClN2OS/c1-21-9-3-6-12-26(21)34-29(35)27-28(33-30(34)36-20-22-13-15-24(32)16-14-22)25-11-5-4-10-23(25)19-31(27)17-7-2-8-18-31/h3-6,9-16H,2,7-8,17-20H2,1H3. The Morgan fingerprint density at radius 2 is 1.67 bits per heavy atom. The van der Waals surface area contributed by atoms with Gasteiger partial charge in [0.2, 0.25) is 0 Å². The highest BCUT2D eigenvalue weighted by Gasteiger charge is 2.43. The van der Waals surface area contributed by atoms with E-state index in [-0.39, 0.29) is 11.0 Å². The third-order valence-electron chi connectivity index (χ3n) is 7.83. The molecule has 5 heteroatoms. The predicted octanol–water partition coefficient (Wildman–Crippen LogP) is 7.91. The summed E-state index contributed by atoms with van der Waals surface area (Å²) in [6.45, 7) is 2.07. The Bertz CT molecular complexity index is 1490. The first-order chi connectivity index (χ1) is 17.6. The van der Waals surface area contributed by atoms with Crippen molar-refractivity contribution in [3.8, 4) is 16.9 Å². The summed E-state index contributed by atoms with van der Waals surface area (Å²) in [6.07, 6.45) is 6.61. The minimum Gasteiger partial charge on any atom is -0.268 e. The fourth-order valence-corrected chi connectivity index (χ4v) is 7.12. The number of benzene rings is 3. The van der Waals surface area contributed by atoms with Gasteiger partial charge in [-0.3, -0.25) is 9.36 Å². The number of halogens is 1. The molecule has 36 heavy (non-hydrogen) atoms. The van der Waals surface area contributed by atoms with E-state index in [0.717, 1.165) is 63.1 Å². The largest absolute Gasteiger partial charge is 0.268 e. The highest BCUT2D eigenvalue weighted by atomic mass is 35.5. The van der Waals surface area contributed by atoms with Gasteiger partial charge in [0, 0.05) is 21.8 Å². The fraction of sp³-hybridized carbons (Fsp3) is 0.290. The van der Waals surface area contributed by atoms with Crippen molar-refractivity contribution >= 4 is 23.4 Å². The summed E-state index contributed by atoms with van der Waals surface area (Å²) < 4.78 is 1.89. The molecule has 6 rings (SSSR count). The van der Waals surface area contributed by atoms with E-state index < -0.39 is 0 Å². The van der Waals surface area contributed by atoms with Crippen molar-refractivity contribution in [2.45, 2.75) is 61.8 Å². The lowest BCUT2D eigenvalue weighted by molar-refractivity contribution is 0.283. The number of hydrogen-bond donors (Lipinski definition) is 0. The molecule has 0 atom stereocenters. The summed E-state index contributed by atoms with van der Waals surface area (Å²) >= 11 is 7.72. The van der Waals surface area contributed by atoms with Crippen molar-refractivity contribution < 1.29 is 0 Å². The van der Waals surface area contributed by atoms with Crippen LogP contribution in [0.25, 0.3) is 16.9 Å². The Morgan fingerprint density at radius 3 is 2.44 bits per heavy atom. The Balaban J connectivity index is 1.58. The van der Waals surface area contributed by atoms with E-state index in [4.69, 9.17) is 16.6 Å². The van der Waals surface area contributed by atoms with E-state index in [1.807, 2.05) is 47.0 Å². The van der Waals surface area contributed by atoms with Crippen LogP contribution in [0.4, 0.5) is 0 Å². The fourth-order valence-electron chi connectivity index (χ4n) is 6.04. The van der Waals surface area contributed by atoms with Gasteiger partial charge < -0.3 is 0 Å². The molecule has 1 saturated carbocycles. The maximum atomic E-state index is 14.6. The van der Waals surface area contributed by atoms with Crippen LogP contribution in [0.1, 0.15) is 54.4 Å². The summed E-state index contributed by atoms with van der Waals surface area (Å²) in [6, 6.07) is 24.6. The summed E-state index contributed by atoms with van der Waals surface area (Å²) in [5, 5.41) is 1.47. The van der Waals surface area contributed by atoms with Gasteiger partial charge >= 0.3 is 0 Å². The van der Waals surface area contributed by atoms with E-state index in [1.165, 1.54) is 24.8 Å². The maximum absolute atomic E-state index is 14.6. The molecule has 1 spiro atoms. The molecule has 1 aromatic heterocycles. The van der Waals surface area contributed by atoms with E-state index in [9.17, 15) is 4.79 Å². The molecule has 182 valence electrons. The van der Waals surface area contributed by atoms with E-state index in [1.54, 1.807) is 11.8 Å². The van der Waals surface area contributed by atoms with Gasteiger partial charge in [-0.05, 0) is 61.1 Å². The Morgan fingerprint density at radius 1 is 0.944 bits per heavy atom. The zero-order valence-corrected chi connectivity index (χ0v) is 22.0. The minimum absolute atomic E-state index is 0.101. The Kier molecular flexibility index (Phi) is 6.27. The molecule has 0 aliphatic heterocycles. The summed E-state index contributed by atoms with van der Waals surface area (Å²) in [5.74, 6) is 0.709. The Hall–Kier alpha value is -2.82. The first-order valence-electron chi connectivity index (χ1n) is 12.7. The van der Waals surface area contributed by atoms with Crippen LogP contribution in [0.5, 0.6) is 0 Å². The summed E-state index contributed by atoms with van der Waals surface area (Å²) in [5.41, 5.74) is 7.38. The van der Waals surface area contributed by atoms with Gasteiger partial charge in [-0.1, -0.05) is 97.2 Å². The second kappa shape index (κ2) is 9.57. The van der Waals surface area contributed by atoms with Gasteiger partial charge in [-0.25, -0.2) is 4.98 Å². The van der Waals surface area contributed by atoms with Crippen molar-refractivity contribution in [2.75, 3.05) is 0 Å². The third kappa shape index (κ3) is 4.10. The van der Waals surface area contributed by atoms with Crippen LogP contribution in [0.3, 0.4) is 0 Å². The lowest BCUT2D eigenvalue weighted by atomic mass is 9.62. The number of fused-ring (bicyclic) bond motifs is 4. The third-order valence-corrected chi connectivity index (χ3v) is 9.09. The van der Waals surface area contributed by atoms with E-state index in [2.05, 4.69) is 37.3 Å². The van der Waals surface area contributed by atoms with Gasteiger partial charge in [0.25, 0.3) is 5.56 Å². The smallest absolute Gasteiger partial charge is 0.263 e. The van der Waals surface area contributed by atoms with Gasteiger partial charge in [-0.15, -0.1) is 0 Å². The van der Waals surface area contributed by atoms with Crippen molar-refractivity contribution in [3.05, 3.63) is 110 Å². The number of aryl methyl sites for hydroxylation is 1. The molecular formula is C31H29ClN2OS. The van der Waals surface area contributed by atoms with Crippen LogP contribution >= 0.6 is 23.4 Å². The SMILES string of the molecule is Cc1ccccc1-n1c(SCc2ccc(Cl)cc2)nc2c(c1=O)C1(CCCCC1)Cc1ccccc1-2. The number of para-hydroxylation sites is 1. The average molecular weight is 513 g/mol. The molecule has 2 aliphatic rings. The Labute approximate surface area is 221 Å². The normalized spacial score (nSPS) is 15.9. The minimum atomic E-state index is -0.129. The molecule has 4 aromatic rings. The van der Waals surface area contributed by atoms with Crippen LogP contribution in [-0.2, 0) is 17.6 Å². The predicted molar refractivity (Wildman–Crippen MR) is 149 cm³/mol. The van der Waals surface area contributed by atoms with Crippen molar-refractivity contribution in [1.29, 1.82) is 0 Å². The molecule has 3 nitrogen and oxygen atoms in total. The summed E-state index contributed by atoms with van der Waals surface area (Å²) in [4.78, 5) is 19.9. The van der Waals surface area contributed by atoms with E-state index in [0.29, 0.717) is 5.75 Å². The zero-order chi connectivity index (χ0) is 24.7. The number of thioether (sulfide) groups is 1. The molecular weight excluding hydrogens is 484 g/mol.